The van der Waals surface area contributed by atoms with Crippen LogP contribution in [0.2, 0.25) is 0 Å². The van der Waals surface area contributed by atoms with E-state index in [0.717, 1.165) is 27.8 Å². The Morgan fingerprint density at radius 1 is 1.50 bits per heavy atom. The molecule has 1 aromatic heterocycles. The van der Waals surface area contributed by atoms with Gasteiger partial charge in [-0.2, -0.15) is 5.10 Å². The number of anilines is 1. The molecule has 3 rings (SSSR count). The number of likely N-dealkylation sites (N-methyl/N-ethyl adjacent to an activating group) is 1. The largest absolute Gasteiger partial charge is 0.324 e. The number of rotatable bonds is 4. The number of benzene rings is 1. The summed E-state index contributed by atoms with van der Waals surface area (Å²) < 4.78 is 1.72. The lowest BCUT2D eigenvalue weighted by Crippen LogP contribution is -2.27. The summed E-state index contributed by atoms with van der Waals surface area (Å²) in [5, 5.41) is 10.9. The van der Waals surface area contributed by atoms with Gasteiger partial charge in [0.25, 0.3) is 0 Å². The summed E-state index contributed by atoms with van der Waals surface area (Å²) in [6.07, 6.45) is 1.53. The fourth-order valence-corrected chi connectivity index (χ4v) is 3.00. The molecule has 0 saturated carbocycles. The predicted molar refractivity (Wildman–Crippen MR) is 76.6 cm³/mol. The van der Waals surface area contributed by atoms with E-state index in [0.29, 0.717) is 0 Å². The molecular weight excluding hydrogens is 274 g/mol. The molecule has 2 heterocycles. The van der Waals surface area contributed by atoms with Crippen LogP contribution < -0.4 is 10.6 Å². The number of carbonyl (C=O) groups is 1. The van der Waals surface area contributed by atoms with Crippen molar-refractivity contribution in [3.8, 4) is 0 Å². The first-order chi connectivity index (χ1) is 9.69. The Balaban J connectivity index is 1.86. The molecule has 0 saturated heterocycles. The molecule has 0 radical (unpaired) electrons. The number of hydrogen-bond acceptors (Lipinski definition) is 5. The number of aryl methyl sites for hydroxylation is 1. The maximum atomic E-state index is 11.9. The molecule has 0 spiro atoms. The van der Waals surface area contributed by atoms with Crippen LogP contribution in [0.4, 0.5) is 5.69 Å². The maximum absolute atomic E-state index is 11.9. The number of carbonyl (C=O) groups excluding carboxylic acids is 1. The first-order valence-corrected chi connectivity index (χ1v) is 7.20. The van der Waals surface area contributed by atoms with Crippen LogP contribution in [0.5, 0.6) is 0 Å². The summed E-state index contributed by atoms with van der Waals surface area (Å²) in [5.74, 6) is 0.00246. The van der Waals surface area contributed by atoms with Crippen LogP contribution in [0.1, 0.15) is 18.5 Å². The van der Waals surface area contributed by atoms with Crippen molar-refractivity contribution in [1.82, 2.24) is 20.1 Å². The SMILES string of the molecule is CCNC1C(=O)Nc2cc(Sc3ncnn3C)ccc21. The Hall–Kier alpha value is -1.86. The maximum Gasteiger partial charge on any atom is 0.246 e. The number of amides is 1. The van der Waals surface area contributed by atoms with E-state index in [1.807, 2.05) is 32.2 Å². The summed E-state index contributed by atoms with van der Waals surface area (Å²) in [6.45, 7) is 2.75. The lowest BCUT2D eigenvalue weighted by atomic mass is 10.1. The zero-order chi connectivity index (χ0) is 14.1. The highest BCUT2D eigenvalue weighted by Gasteiger charge is 2.29. The lowest BCUT2D eigenvalue weighted by Gasteiger charge is -2.09. The monoisotopic (exact) mass is 289 g/mol. The topological polar surface area (TPSA) is 71.8 Å². The summed E-state index contributed by atoms with van der Waals surface area (Å²) in [5.41, 5.74) is 1.87. The average molecular weight is 289 g/mol. The van der Waals surface area contributed by atoms with Crippen molar-refractivity contribution in [2.45, 2.75) is 23.0 Å². The van der Waals surface area contributed by atoms with Crippen molar-refractivity contribution in [1.29, 1.82) is 0 Å². The lowest BCUT2D eigenvalue weighted by molar-refractivity contribution is -0.117. The molecule has 0 fully saturated rings. The molecular formula is C13H15N5OS. The van der Waals surface area contributed by atoms with E-state index < -0.39 is 0 Å². The third-order valence-corrected chi connectivity index (χ3v) is 4.18. The quantitative estimate of drug-likeness (QED) is 0.894. The minimum absolute atomic E-state index is 0.00246. The normalized spacial score (nSPS) is 17.1. The molecule has 1 atom stereocenters. The van der Waals surface area contributed by atoms with Crippen LogP contribution in [-0.4, -0.2) is 27.2 Å². The second-order valence-electron chi connectivity index (χ2n) is 4.50. The van der Waals surface area contributed by atoms with Gasteiger partial charge in [0.1, 0.15) is 12.4 Å². The predicted octanol–water partition coefficient (Wildman–Crippen LogP) is 1.57. The molecule has 2 aromatic rings. The van der Waals surface area contributed by atoms with Crippen molar-refractivity contribution >= 4 is 23.4 Å². The molecule has 1 aromatic carbocycles. The molecule has 1 unspecified atom stereocenters. The molecule has 2 N–H and O–H groups in total. The van der Waals surface area contributed by atoms with Gasteiger partial charge in [0.15, 0.2) is 5.16 Å². The summed E-state index contributed by atoms with van der Waals surface area (Å²) in [4.78, 5) is 17.1. The second kappa shape index (κ2) is 5.26. The number of hydrogen-bond donors (Lipinski definition) is 2. The van der Waals surface area contributed by atoms with Crippen LogP contribution >= 0.6 is 11.8 Å². The van der Waals surface area contributed by atoms with E-state index >= 15 is 0 Å². The Morgan fingerprint density at radius 3 is 3.05 bits per heavy atom. The van der Waals surface area contributed by atoms with Gasteiger partial charge in [0.05, 0.1) is 0 Å². The Kier molecular flexibility index (Phi) is 3.45. The third kappa shape index (κ3) is 2.30. The fourth-order valence-electron chi connectivity index (χ4n) is 2.20. The Labute approximate surface area is 121 Å². The van der Waals surface area contributed by atoms with Gasteiger partial charge in [-0.25, -0.2) is 9.67 Å². The van der Waals surface area contributed by atoms with Gasteiger partial charge in [0, 0.05) is 23.2 Å². The molecule has 6 nitrogen and oxygen atoms in total. The standard InChI is InChI=1S/C13H15N5OS/c1-3-14-11-9-5-4-8(6-10(9)17-12(11)19)20-13-15-7-16-18(13)2/h4-7,11,14H,3H2,1-2H3,(H,17,19). The van der Waals surface area contributed by atoms with Gasteiger partial charge >= 0.3 is 0 Å². The van der Waals surface area contributed by atoms with Crippen LogP contribution in [0.3, 0.4) is 0 Å². The number of nitrogens with zero attached hydrogens (tertiary/aromatic N) is 3. The van der Waals surface area contributed by atoms with E-state index in [2.05, 4.69) is 20.7 Å². The summed E-state index contributed by atoms with van der Waals surface area (Å²) in [7, 11) is 1.85. The van der Waals surface area contributed by atoms with Gasteiger partial charge in [0.2, 0.25) is 5.91 Å². The van der Waals surface area contributed by atoms with Crippen LogP contribution in [0.15, 0.2) is 34.6 Å². The second-order valence-corrected chi connectivity index (χ2v) is 5.54. The highest BCUT2D eigenvalue weighted by Crippen LogP contribution is 2.35. The van der Waals surface area contributed by atoms with Crippen molar-refractivity contribution in [3.63, 3.8) is 0 Å². The average Bonchev–Trinajstić information content (AvgIpc) is 2.95. The molecule has 1 amide bonds. The van der Waals surface area contributed by atoms with Crippen molar-refractivity contribution in [2.75, 3.05) is 11.9 Å². The Bertz CT molecular complexity index is 654. The highest BCUT2D eigenvalue weighted by molar-refractivity contribution is 7.99. The molecule has 1 aliphatic heterocycles. The molecule has 0 aliphatic carbocycles. The van der Waals surface area contributed by atoms with Crippen molar-refractivity contribution in [3.05, 3.63) is 30.1 Å². The number of nitrogens with one attached hydrogen (secondary N) is 2. The van der Waals surface area contributed by atoms with Gasteiger partial charge in [-0.1, -0.05) is 24.8 Å². The molecule has 1 aliphatic rings. The van der Waals surface area contributed by atoms with Gasteiger partial charge in [-0.15, -0.1) is 0 Å². The fraction of sp³-hybridized carbons (Fsp3) is 0.308. The number of fused-ring (bicyclic) bond motifs is 1. The zero-order valence-corrected chi connectivity index (χ0v) is 12.1. The summed E-state index contributed by atoms with van der Waals surface area (Å²) >= 11 is 1.52. The minimum atomic E-state index is -0.246. The first kappa shape index (κ1) is 13.1. The van der Waals surface area contributed by atoms with Gasteiger partial charge in [-0.05, 0) is 18.7 Å². The molecule has 0 bridgehead atoms. The zero-order valence-electron chi connectivity index (χ0n) is 11.3. The van der Waals surface area contributed by atoms with Crippen LogP contribution in [0, 0.1) is 0 Å². The van der Waals surface area contributed by atoms with Crippen molar-refractivity contribution < 1.29 is 4.79 Å². The van der Waals surface area contributed by atoms with E-state index in [-0.39, 0.29) is 11.9 Å². The smallest absolute Gasteiger partial charge is 0.246 e. The van der Waals surface area contributed by atoms with Crippen LogP contribution in [0.25, 0.3) is 0 Å². The van der Waals surface area contributed by atoms with E-state index in [1.165, 1.54) is 18.1 Å². The molecule has 7 heteroatoms. The van der Waals surface area contributed by atoms with Gasteiger partial charge < -0.3 is 10.6 Å². The minimum Gasteiger partial charge on any atom is -0.324 e. The third-order valence-electron chi connectivity index (χ3n) is 3.14. The number of aromatic nitrogens is 3. The molecule has 20 heavy (non-hydrogen) atoms. The Morgan fingerprint density at radius 2 is 2.35 bits per heavy atom. The first-order valence-electron chi connectivity index (χ1n) is 6.39. The van der Waals surface area contributed by atoms with E-state index in [1.54, 1.807) is 4.68 Å². The molecule has 104 valence electrons. The summed E-state index contributed by atoms with van der Waals surface area (Å²) in [6, 6.07) is 5.72. The van der Waals surface area contributed by atoms with E-state index in [9.17, 15) is 4.79 Å². The van der Waals surface area contributed by atoms with Crippen LogP contribution in [-0.2, 0) is 11.8 Å². The van der Waals surface area contributed by atoms with E-state index in [4.69, 9.17) is 0 Å². The highest BCUT2D eigenvalue weighted by atomic mass is 32.2. The van der Waals surface area contributed by atoms with Gasteiger partial charge in [-0.3, -0.25) is 4.79 Å². The van der Waals surface area contributed by atoms with Crippen molar-refractivity contribution in [2.24, 2.45) is 7.05 Å².